The number of hydrogen-bond acceptors (Lipinski definition) is 34. The molecule has 22 aromatic rings. The van der Waals surface area contributed by atoms with Gasteiger partial charge in [0.2, 0.25) is 11.6 Å². The van der Waals surface area contributed by atoms with Crippen molar-refractivity contribution in [3.63, 3.8) is 0 Å². The number of imidazole rings is 2. The number of para-hydroxylation sites is 2. The molecular formula is C100H64N16O18S8. The van der Waals surface area contributed by atoms with Gasteiger partial charge in [-0.15, -0.1) is 90.7 Å². The second-order valence-electron chi connectivity index (χ2n) is 32.6. The van der Waals surface area contributed by atoms with Gasteiger partial charge in [0.25, 0.3) is 0 Å². The number of ketones is 7. The lowest BCUT2D eigenvalue weighted by Crippen LogP contribution is -2.35. The van der Waals surface area contributed by atoms with E-state index in [2.05, 4.69) is 60.3 Å². The summed E-state index contributed by atoms with van der Waals surface area (Å²) in [5, 5.41) is 117. The molecule has 0 fully saturated rings. The number of nitrogens with zero attached hydrogens (tertiary/aromatic N) is 12. The van der Waals surface area contributed by atoms with Crippen molar-refractivity contribution >= 4 is 253 Å². The number of fused-ring (bicyclic) bond motifs is 10. The molecule has 0 saturated heterocycles. The van der Waals surface area contributed by atoms with Gasteiger partial charge in [-0.3, -0.25) is 53.7 Å². The molecule has 4 aromatic carbocycles. The van der Waals surface area contributed by atoms with E-state index in [9.17, 15) is 79.5 Å². The molecule has 142 heavy (non-hydrogen) atoms. The van der Waals surface area contributed by atoms with Crippen LogP contribution >= 0.6 is 90.7 Å². The Kier molecular flexibility index (Phi) is 22.3. The van der Waals surface area contributed by atoms with Crippen LogP contribution in [0.15, 0.2) is 315 Å². The van der Waals surface area contributed by atoms with E-state index in [0.29, 0.717) is 77.2 Å². The number of aromatic hydroxyl groups is 2. The molecule has 0 spiro atoms. The summed E-state index contributed by atoms with van der Waals surface area (Å²) in [5.41, 5.74) is 13.5. The normalized spacial score (nSPS) is 18.6. The fourth-order valence-electron chi connectivity index (χ4n) is 18.3. The summed E-state index contributed by atoms with van der Waals surface area (Å²) in [7, 11) is 0. The molecule has 7 unspecified atom stereocenters. The number of rotatable bonds is 14. The van der Waals surface area contributed by atoms with Crippen LogP contribution in [-0.2, 0) is 33.6 Å². The first-order valence-corrected chi connectivity index (χ1v) is 49.9. The fraction of sp³-hybridized carbons (Fsp3) is 0.0700. The quantitative estimate of drug-likeness (QED) is 0.0481. The van der Waals surface area contributed by atoms with Crippen molar-refractivity contribution in [2.75, 3.05) is 0 Å². The number of thiophene rings is 6. The highest BCUT2D eigenvalue weighted by molar-refractivity contribution is 7.26. The van der Waals surface area contributed by atoms with Crippen LogP contribution < -0.4 is 0 Å². The Balaban J connectivity index is 0.0000000933. The Labute approximate surface area is 826 Å². The van der Waals surface area contributed by atoms with Gasteiger partial charge < -0.3 is 83.0 Å². The summed E-state index contributed by atoms with van der Waals surface area (Å²) in [6.45, 7) is 0. The number of aromatic amines is 4. The number of Topliss-reactive ketones (excluding diaryl/α,β-unsaturated/α-hetero) is 7. The Morgan fingerprint density at radius 2 is 0.908 bits per heavy atom. The van der Waals surface area contributed by atoms with Crippen LogP contribution in [0.5, 0.6) is 11.5 Å². The topological polar surface area (TPSA) is 514 Å². The summed E-state index contributed by atoms with van der Waals surface area (Å²) in [6.07, 6.45) is 21.1. The standard InChI is InChI=1S/C20H10N2O2S4.C20H14N2O2.C20H12O4S2.2C10H8N4O2.C10H6N2O4.C10H6N2O2S2/c23-15-13(21-9-1-5-25-17(9)18-10(21)2-6-26-18)16(24)14(15)22-11-3-7-27-19(11)20-12(22)4-8-28-20;23-19-17(21-11-9-13-5-1-3-7-15(13)21)20(24)18(19)22-12-10-14-6-2-4-8-16(14)22;21-15-9-5-1-3-7-11(9)25-19(15)13-17(23)14(18(13)24)20-16(22)10-6-2-4-8-12(10)26-20;15-9-7(5-1-11-3-13-5)10(16)8(9)6-2-12-4-14-6;15-9-7(5-1-3-11-13-5)10(16)8(9)6-2-4-12-14-6;2*13-9-7(5-1-11-3-15-5)10(14)8(9)6-2-12-4-16-6/h1-8,13,23H;1-12,17,23H;1-8,13,21-23H;2*1-4,7,15H,(H,11,13)(H,12,14);2*1-4,7,13H. The molecule has 7 aliphatic rings. The maximum absolute atomic E-state index is 13.4. The molecule has 0 bridgehead atoms. The van der Waals surface area contributed by atoms with Gasteiger partial charge in [-0.2, -0.15) is 10.2 Å². The van der Waals surface area contributed by atoms with E-state index in [1.807, 2.05) is 169 Å². The summed E-state index contributed by atoms with van der Waals surface area (Å²) >= 11 is 12.0. The molecule has 7 aliphatic carbocycles. The van der Waals surface area contributed by atoms with Crippen molar-refractivity contribution in [3.05, 3.63) is 360 Å². The Morgan fingerprint density at radius 1 is 0.366 bits per heavy atom. The minimum atomic E-state index is -0.869. The van der Waals surface area contributed by atoms with Crippen LogP contribution in [0.2, 0.25) is 0 Å². The summed E-state index contributed by atoms with van der Waals surface area (Å²) in [4.78, 5) is 117. The SMILES string of the molecule is O=C1C(c2ccn[nH]2)=C(O)C1c1ccn[nH]1.O=C1C(c2cnc[nH]2)=C(O)C1c1cnc[nH]1.O=C1C(c2cnco2)=C(O)C1c1cnco1.O=C1C(c2cncs2)=C(O)C1c1cncs1.O=C1C(c2sc3ccccc3c2O)=C(O)C1c1sc2ccccc2c1O.O=C1C(n2c3ccsc3c3sccc32)=C(O)C1n1c2ccsc2c2sccc21.O=C1C(n2ccc3ccccc32)=C(O)C1n1ccc2ccccc21. The number of oxazole rings is 2. The number of thiazole rings is 2. The lowest BCUT2D eigenvalue weighted by atomic mass is 9.79. The van der Waals surface area contributed by atoms with Gasteiger partial charge in [-0.1, -0.05) is 60.7 Å². The Morgan fingerprint density at radius 3 is 1.48 bits per heavy atom. The zero-order valence-electron chi connectivity index (χ0n) is 72.3. The van der Waals surface area contributed by atoms with Crippen molar-refractivity contribution in [1.29, 1.82) is 0 Å². The van der Waals surface area contributed by atoms with Gasteiger partial charge in [-0.05, 0) is 117 Å². The molecule has 700 valence electrons. The molecule has 0 aliphatic heterocycles. The maximum Gasteiger partial charge on any atom is 0.213 e. The van der Waals surface area contributed by atoms with Gasteiger partial charge in [0.1, 0.15) is 92.6 Å². The van der Waals surface area contributed by atoms with Crippen LogP contribution in [0.4, 0.5) is 0 Å². The van der Waals surface area contributed by atoms with E-state index < -0.39 is 41.7 Å². The number of nitrogens with one attached hydrogen (secondary N) is 4. The molecule has 18 aromatic heterocycles. The monoisotopic (exact) mass is 2030 g/mol. The summed E-state index contributed by atoms with van der Waals surface area (Å²) < 4.78 is 23.9. The highest BCUT2D eigenvalue weighted by Crippen LogP contribution is 2.56. The van der Waals surface area contributed by atoms with Crippen LogP contribution in [0.3, 0.4) is 0 Å². The van der Waals surface area contributed by atoms with Gasteiger partial charge in [0.15, 0.2) is 71.1 Å². The minimum Gasteiger partial charge on any atom is -0.510 e. The number of carbonyl (C=O) groups is 7. The van der Waals surface area contributed by atoms with Crippen LogP contribution in [0.25, 0.3) is 122 Å². The Bertz CT molecular complexity index is 8560. The molecule has 34 nitrogen and oxygen atoms in total. The van der Waals surface area contributed by atoms with Crippen LogP contribution in [-0.4, -0.2) is 165 Å². The Hall–Kier alpha value is -17.1. The molecule has 0 amide bonds. The predicted molar refractivity (Wildman–Crippen MR) is 539 cm³/mol. The first-order chi connectivity index (χ1) is 69.2. The van der Waals surface area contributed by atoms with Crippen molar-refractivity contribution in [2.24, 2.45) is 0 Å². The van der Waals surface area contributed by atoms with Gasteiger partial charge in [-0.25, -0.2) is 19.9 Å². The highest BCUT2D eigenvalue weighted by Gasteiger charge is 2.51. The fourth-order valence-corrected chi connectivity index (χ4v) is 25.9. The lowest BCUT2D eigenvalue weighted by molar-refractivity contribution is -0.119. The maximum atomic E-state index is 13.4. The van der Waals surface area contributed by atoms with E-state index in [1.165, 1.54) is 121 Å². The third-order valence-corrected chi connectivity index (χ3v) is 33.0. The van der Waals surface area contributed by atoms with Crippen molar-refractivity contribution in [1.82, 2.24) is 78.5 Å². The molecule has 7 atom stereocenters. The van der Waals surface area contributed by atoms with Crippen LogP contribution in [0, 0.1) is 0 Å². The molecule has 18 heterocycles. The predicted octanol–water partition coefficient (Wildman–Crippen LogP) is 21.1. The summed E-state index contributed by atoms with van der Waals surface area (Å²) in [5.74, 6) is -3.35. The molecular weight excluding hydrogens is 1970 g/mol. The molecule has 0 saturated carbocycles. The lowest BCUT2D eigenvalue weighted by Gasteiger charge is -2.30. The first kappa shape index (κ1) is 88.8. The number of allylic oxidation sites excluding steroid dienone is 14. The zero-order chi connectivity index (χ0) is 97.3. The smallest absolute Gasteiger partial charge is 0.213 e. The minimum absolute atomic E-state index is 0.0134. The van der Waals surface area contributed by atoms with E-state index in [-0.39, 0.29) is 109 Å². The van der Waals surface area contributed by atoms with E-state index in [4.69, 9.17) is 8.83 Å². The van der Waals surface area contributed by atoms with Crippen molar-refractivity contribution in [3.8, 4) is 11.5 Å². The zero-order valence-corrected chi connectivity index (χ0v) is 78.8. The average Bonchev–Trinajstić information content (AvgIpc) is 1.47. The van der Waals surface area contributed by atoms with Crippen molar-refractivity contribution in [2.45, 2.75) is 41.7 Å². The third kappa shape index (κ3) is 14.3. The summed E-state index contributed by atoms with van der Waals surface area (Å²) in [6, 6.07) is 44.4. The molecule has 13 N–H and O–H groups in total. The number of H-pyrrole nitrogens is 4. The number of hydrogen-bond donors (Lipinski definition) is 13. The van der Waals surface area contributed by atoms with Crippen LogP contribution in [0.1, 0.15) is 95.5 Å². The highest BCUT2D eigenvalue weighted by atomic mass is 32.1. The third-order valence-electron chi connectivity index (χ3n) is 25.1. The first-order valence-electron chi connectivity index (χ1n) is 43.0. The van der Waals surface area contributed by atoms with E-state index in [0.717, 1.165) is 63.0 Å². The number of aliphatic hydroxyl groups is 7. The molecule has 29 rings (SSSR count). The van der Waals surface area contributed by atoms with Gasteiger partial charge in [0, 0.05) is 73.9 Å². The van der Waals surface area contributed by atoms with Crippen molar-refractivity contribution < 1.29 is 88.4 Å². The number of carbonyl (C=O) groups excluding carboxylic acids is 7. The number of aromatic nitrogens is 16. The second-order valence-corrected chi connectivity index (χ2v) is 40.2. The molecule has 42 heteroatoms. The second kappa shape index (κ2) is 35.7. The molecule has 0 radical (unpaired) electrons. The largest absolute Gasteiger partial charge is 0.510 e. The van der Waals surface area contributed by atoms with Gasteiger partial charge >= 0.3 is 0 Å². The number of benzene rings is 4. The van der Waals surface area contributed by atoms with E-state index in [1.54, 1.807) is 104 Å². The van der Waals surface area contributed by atoms with Gasteiger partial charge in [0.05, 0.1) is 148 Å². The average molecular weight is 2030 g/mol. The van der Waals surface area contributed by atoms with E-state index >= 15 is 0 Å². The number of aliphatic hydroxyl groups excluding tert-OH is 7.